The van der Waals surface area contributed by atoms with Gasteiger partial charge in [-0.1, -0.05) is 25.1 Å². The molecular formula is C22H28N4O2S. The Morgan fingerprint density at radius 3 is 3.10 bits per heavy atom. The fourth-order valence-electron chi connectivity index (χ4n) is 4.23. The molecule has 0 spiro atoms. The predicted octanol–water partition coefficient (Wildman–Crippen LogP) is 3.90. The van der Waals surface area contributed by atoms with Crippen LogP contribution < -0.4 is 10.6 Å². The molecule has 2 unspecified atom stereocenters. The van der Waals surface area contributed by atoms with Gasteiger partial charge in [-0.25, -0.2) is 4.98 Å². The van der Waals surface area contributed by atoms with Crippen molar-refractivity contribution in [1.82, 2.24) is 9.88 Å². The molecule has 0 aliphatic carbocycles. The first-order valence-corrected chi connectivity index (χ1v) is 11.3. The van der Waals surface area contributed by atoms with Gasteiger partial charge in [0.2, 0.25) is 11.8 Å². The van der Waals surface area contributed by atoms with E-state index in [9.17, 15) is 9.59 Å². The van der Waals surface area contributed by atoms with Gasteiger partial charge in [0.1, 0.15) is 0 Å². The number of piperidine rings is 1. The van der Waals surface area contributed by atoms with Crippen LogP contribution in [0.15, 0.2) is 29.6 Å². The highest BCUT2D eigenvalue weighted by atomic mass is 32.1. The zero-order valence-electron chi connectivity index (χ0n) is 16.8. The first kappa shape index (κ1) is 20.0. The van der Waals surface area contributed by atoms with Gasteiger partial charge in [-0.05, 0) is 49.8 Å². The average Bonchev–Trinajstić information content (AvgIpc) is 3.13. The van der Waals surface area contributed by atoms with Crippen molar-refractivity contribution < 1.29 is 9.59 Å². The molecule has 0 bridgehead atoms. The Labute approximate surface area is 175 Å². The van der Waals surface area contributed by atoms with E-state index >= 15 is 0 Å². The summed E-state index contributed by atoms with van der Waals surface area (Å²) in [6, 6.07) is 7.84. The van der Waals surface area contributed by atoms with Crippen LogP contribution in [0.1, 0.15) is 43.9 Å². The smallest absolute Gasteiger partial charge is 0.227 e. The summed E-state index contributed by atoms with van der Waals surface area (Å²) in [5.41, 5.74) is 3.04. The highest BCUT2D eigenvalue weighted by Crippen LogP contribution is 2.28. The molecule has 2 aliphatic heterocycles. The summed E-state index contributed by atoms with van der Waals surface area (Å²) < 4.78 is 0. The highest BCUT2D eigenvalue weighted by Gasteiger charge is 2.26. The number of rotatable bonds is 6. The molecule has 1 saturated heterocycles. The maximum atomic E-state index is 12.4. The van der Waals surface area contributed by atoms with Gasteiger partial charge < -0.3 is 10.6 Å². The van der Waals surface area contributed by atoms with E-state index in [0.29, 0.717) is 24.4 Å². The largest absolute Gasteiger partial charge is 0.326 e. The van der Waals surface area contributed by atoms with Crippen LogP contribution >= 0.6 is 11.3 Å². The van der Waals surface area contributed by atoms with Gasteiger partial charge in [0.05, 0.1) is 5.69 Å². The topological polar surface area (TPSA) is 74.3 Å². The van der Waals surface area contributed by atoms with E-state index in [4.69, 9.17) is 0 Å². The number of nitrogens with zero attached hydrogens (tertiary/aromatic N) is 2. The SMILES string of the molecule is CC1CCCN(Cc2csc(NC(=O)CCC3Cc4ccccc4NC3=O)n2)C1. The summed E-state index contributed by atoms with van der Waals surface area (Å²) in [4.78, 5) is 31.7. The summed E-state index contributed by atoms with van der Waals surface area (Å²) in [7, 11) is 0. The normalized spacial score (nSPS) is 22.0. The third kappa shape index (κ3) is 5.22. The summed E-state index contributed by atoms with van der Waals surface area (Å²) in [6.07, 6.45) is 4.09. The number of benzene rings is 1. The van der Waals surface area contributed by atoms with Gasteiger partial charge in [-0.15, -0.1) is 11.3 Å². The van der Waals surface area contributed by atoms with Crippen LogP contribution in [0, 0.1) is 11.8 Å². The van der Waals surface area contributed by atoms with Gasteiger partial charge in [0, 0.05) is 36.5 Å². The third-order valence-electron chi connectivity index (χ3n) is 5.76. The van der Waals surface area contributed by atoms with Crippen molar-refractivity contribution in [3.63, 3.8) is 0 Å². The van der Waals surface area contributed by atoms with Crippen LogP contribution in [0.25, 0.3) is 0 Å². The van der Waals surface area contributed by atoms with Gasteiger partial charge in [-0.3, -0.25) is 14.5 Å². The minimum atomic E-state index is -0.163. The van der Waals surface area contributed by atoms with Crippen LogP contribution in [-0.4, -0.2) is 34.8 Å². The zero-order chi connectivity index (χ0) is 20.2. The van der Waals surface area contributed by atoms with E-state index in [1.165, 1.54) is 24.2 Å². The Balaban J connectivity index is 1.25. The number of carbonyl (C=O) groups excluding carboxylic acids is 2. The van der Waals surface area contributed by atoms with E-state index < -0.39 is 0 Å². The molecular weight excluding hydrogens is 384 g/mol. The number of amides is 2. The molecule has 1 fully saturated rings. The van der Waals surface area contributed by atoms with Gasteiger partial charge in [0.25, 0.3) is 0 Å². The van der Waals surface area contributed by atoms with Crippen molar-refractivity contribution in [3.8, 4) is 0 Å². The Bertz CT molecular complexity index is 881. The minimum absolute atomic E-state index is 0.00351. The Morgan fingerprint density at radius 2 is 2.24 bits per heavy atom. The molecule has 7 heteroatoms. The standard InChI is InChI=1S/C22H28N4O2S/c1-15-5-4-10-26(12-15)13-18-14-29-22(23-18)25-20(27)9-8-17-11-16-6-2-3-7-19(16)24-21(17)28/h2-3,6-7,14-15,17H,4-5,8-13H2,1H3,(H,24,28)(H,23,25,27). The molecule has 0 saturated carbocycles. The number of fused-ring (bicyclic) bond motifs is 1. The number of likely N-dealkylation sites (tertiary alicyclic amines) is 1. The van der Waals surface area contributed by atoms with Crippen LogP contribution in [0.5, 0.6) is 0 Å². The first-order valence-electron chi connectivity index (χ1n) is 10.4. The van der Waals surface area contributed by atoms with Crippen molar-refractivity contribution >= 4 is 34.0 Å². The Kier molecular flexibility index (Phi) is 6.25. The van der Waals surface area contributed by atoms with Crippen molar-refractivity contribution in [3.05, 3.63) is 40.9 Å². The molecule has 2 amide bonds. The Morgan fingerprint density at radius 1 is 1.38 bits per heavy atom. The molecule has 0 radical (unpaired) electrons. The van der Waals surface area contributed by atoms with E-state index in [-0.39, 0.29) is 17.7 Å². The number of hydrogen-bond acceptors (Lipinski definition) is 5. The number of aromatic nitrogens is 1. The second-order valence-corrected chi connectivity index (χ2v) is 9.12. The van der Waals surface area contributed by atoms with Crippen LogP contribution in [0.3, 0.4) is 0 Å². The van der Waals surface area contributed by atoms with Crippen molar-refractivity contribution in [2.45, 2.75) is 45.6 Å². The van der Waals surface area contributed by atoms with Crippen molar-refractivity contribution in [1.29, 1.82) is 0 Å². The lowest BCUT2D eigenvalue weighted by Crippen LogP contribution is -2.33. The number of carbonyl (C=O) groups is 2. The number of nitrogens with one attached hydrogen (secondary N) is 2. The van der Waals surface area contributed by atoms with Gasteiger partial charge >= 0.3 is 0 Å². The molecule has 4 rings (SSSR count). The lowest BCUT2D eigenvalue weighted by molar-refractivity contribution is -0.121. The molecule has 154 valence electrons. The lowest BCUT2D eigenvalue weighted by Gasteiger charge is -2.30. The molecule has 6 nitrogen and oxygen atoms in total. The quantitative estimate of drug-likeness (QED) is 0.755. The average molecular weight is 413 g/mol. The molecule has 2 aliphatic rings. The summed E-state index contributed by atoms with van der Waals surface area (Å²) in [5.74, 6) is 0.502. The molecule has 2 atom stereocenters. The highest BCUT2D eigenvalue weighted by molar-refractivity contribution is 7.13. The van der Waals surface area contributed by atoms with E-state index in [0.717, 1.165) is 42.5 Å². The molecule has 3 heterocycles. The minimum Gasteiger partial charge on any atom is -0.326 e. The van der Waals surface area contributed by atoms with Crippen LogP contribution in [0.2, 0.25) is 0 Å². The van der Waals surface area contributed by atoms with Crippen molar-refractivity contribution in [2.24, 2.45) is 11.8 Å². The Hall–Kier alpha value is -2.25. The maximum Gasteiger partial charge on any atom is 0.227 e. The van der Waals surface area contributed by atoms with E-state index in [1.54, 1.807) is 0 Å². The zero-order valence-corrected chi connectivity index (χ0v) is 17.6. The lowest BCUT2D eigenvalue weighted by atomic mass is 9.89. The number of para-hydroxylation sites is 1. The first-order chi connectivity index (χ1) is 14.1. The van der Waals surface area contributed by atoms with E-state index in [2.05, 4.69) is 27.4 Å². The second kappa shape index (κ2) is 9.05. The summed E-state index contributed by atoms with van der Waals surface area (Å²) in [6.45, 7) is 5.38. The molecule has 1 aromatic carbocycles. The number of anilines is 2. The third-order valence-corrected chi connectivity index (χ3v) is 6.56. The molecule has 29 heavy (non-hydrogen) atoms. The van der Waals surface area contributed by atoms with Crippen LogP contribution in [-0.2, 0) is 22.6 Å². The van der Waals surface area contributed by atoms with Crippen LogP contribution in [0.4, 0.5) is 10.8 Å². The second-order valence-electron chi connectivity index (χ2n) is 8.26. The monoisotopic (exact) mass is 412 g/mol. The summed E-state index contributed by atoms with van der Waals surface area (Å²) in [5, 5.41) is 8.52. The van der Waals surface area contributed by atoms with E-state index in [1.807, 2.05) is 29.6 Å². The summed E-state index contributed by atoms with van der Waals surface area (Å²) >= 11 is 1.47. The maximum absolute atomic E-state index is 12.4. The molecule has 2 N–H and O–H groups in total. The number of thiazole rings is 1. The molecule has 2 aromatic rings. The van der Waals surface area contributed by atoms with Gasteiger partial charge in [-0.2, -0.15) is 0 Å². The fourth-order valence-corrected chi connectivity index (χ4v) is 4.95. The van der Waals surface area contributed by atoms with Crippen molar-refractivity contribution in [2.75, 3.05) is 23.7 Å². The van der Waals surface area contributed by atoms with Gasteiger partial charge in [0.15, 0.2) is 5.13 Å². The predicted molar refractivity (Wildman–Crippen MR) is 116 cm³/mol. The molecule has 1 aromatic heterocycles. The fraction of sp³-hybridized carbons (Fsp3) is 0.500. The number of hydrogen-bond donors (Lipinski definition) is 2.